The van der Waals surface area contributed by atoms with Crippen LogP contribution in [-0.2, 0) is 14.3 Å². The predicted molar refractivity (Wildman–Crippen MR) is 83.7 cm³/mol. The van der Waals surface area contributed by atoms with Gasteiger partial charge in [-0.3, -0.25) is 0 Å². The summed E-state index contributed by atoms with van der Waals surface area (Å²) in [4.78, 5) is 16.7. The molecule has 0 saturated carbocycles. The molecule has 1 N–H and O–H groups in total. The number of nitrogens with one attached hydrogen (secondary N) is 1. The number of fused-ring (bicyclic) bond motifs is 1. The fourth-order valence-corrected chi connectivity index (χ4v) is 2.70. The molecule has 1 aromatic heterocycles. The van der Waals surface area contributed by atoms with E-state index in [0.29, 0.717) is 22.8 Å². The summed E-state index contributed by atoms with van der Waals surface area (Å²) in [6.45, 7) is 2.11. The fourth-order valence-electron chi connectivity index (χ4n) is 2.70. The summed E-state index contributed by atoms with van der Waals surface area (Å²) in [6, 6.07) is 5.38. The monoisotopic (exact) mass is 332 g/mol. The van der Waals surface area contributed by atoms with Crippen LogP contribution in [0.1, 0.15) is 18.5 Å². The smallest absolute Gasteiger partial charge is 0.338 e. The number of esters is 1. The number of hydrogen-bond donors (Lipinski definition) is 1. The molecule has 2 aromatic rings. The standard InChI is InChI=1S/C16H17FN4O3/c1-3-24-15(22)13-12(8-23-2)20-16-18-9-19-21(16)14(13)10-5-4-6-11(17)7-10/h4-7,9,14H,3,8H2,1-2H3,(H,18,19,20). The maximum absolute atomic E-state index is 13.7. The van der Waals surface area contributed by atoms with Gasteiger partial charge in [0, 0.05) is 7.11 Å². The van der Waals surface area contributed by atoms with E-state index in [1.165, 1.54) is 30.3 Å². The molecule has 1 aromatic carbocycles. The number of rotatable bonds is 5. The van der Waals surface area contributed by atoms with Crippen LogP contribution in [0, 0.1) is 5.82 Å². The second kappa shape index (κ2) is 6.79. The molecule has 126 valence electrons. The zero-order valence-electron chi connectivity index (χ0n) is 13.3. The summed E-state index contributed by atoms with van der Waals surface area (Å²) in [5, 5.41) is 7.20. The SMILES string of the molecule is CCOC(=O)C1=C(COC)Nc2ncnn2C1c1cccc(F)c1. The molecule has 0 amide bonds. The Labute approximate surface area is 138 Å². The van der Waals surface area contributed by atoms with Gasteiger partial charge in [0.05, 0.1) is 24.5 Å². The summed E-state index contributed by atoms with van der Waals surface area (Å²) in [7, 11) is 1.52. The van der Waals surface area contributed by atoms with E-state index in [9.17, 15) is 9.18 Å². The Hall–Kier alpha value is -2.74. The van der Waals surface area contributed by atoms with Crippen molar-refractivity contribution in [2.75, 3.05) is 25.6 Å². The quantitative estimate of drug-likeness (QED) is 0.843. The van der Waals surface area contributed by atoms with Gasteiger partial charge in [0.25, 0.3) is 0 Å². The molecule has 1 atom stereocenters. The Morgan fingerprint density at radius 1 is 1.46 bits per heavy atom. The number of benzene rings is 1. The van der Waals surface area contributed by atoms with E-state index in [0.717, 1.165) is 0 Å². The number of carbonyl (C=O) groups is 1. The second-order valence-electron chi connectivity index (χ2n) is 5.16. The lowest BCUT2D eigenvalue weighted by atomic mass is 9.95. The maximum Gasteiger partial charge on any atom is 0.338 e. The summed E-state index contributed by atoms with van der Waals surface area (Å²) in [5.41, 5.74) is 1.41. The van der Waals surface area contributed by atoms with Crippen LogP contribution in [0.25, 0.3) is 0 Å². The molecular formula is C16H17FN4O3. The normalized spacial score (nSPS) is 16.5. The first kappa shape index (κ1) is 16.1. The first-order chi connectivity index (χ1) is 11.7. The first-order valence-corrected chi connectivity index (χ1v) is 7.46. The van der Waals surface area contributed by atoms with Crippen LogP contribution in [0.15, 0.2) is 41.9 Å². The molecule has 2 heterocycles. The summed E-state index contributed by atoms with van der Waals surface area (Å²) in [6.07, 6.45) is 1.37. The van der Waals surface area contributed by atoms with Gasteiger partial charge in [-0.05, 0) is 24.6 Å². The third kappa shape index (κ3) is 2.88. The number of aromatic nitrogens is 3. The molecule has 0 bridgehead atoms. The van der Waals surface area contributed by atoms with Crippen LogP contribution in [0.4, 0.5) is 10.3 Å². The molecule has 0 saturated heterocycles. The Kier molecular flexibility index (Phi) is 4.57. The van der Waals surface area contributed by atoms with Crippen LogP contribution in [0.2, 0.25) is 0 Å². The zero-order chi connectivity index (χ0) is 17.1. The number of nitrogens with zero attached hydrogens (tertiary/aromatic N) is 3. The highest BCUT2D eigenvalue weighted by Crippen LogP contribution is 2.35. The van der Waals surface area contributed by atoms with E-state index in [-0.39, 0.29) is 13.2 Å². The van der Waals surface area contributed by atoms with Crippen molar-refractivity contribution in [2.45, 2.75) is 13.0 Å². The van der Waals surface area contributed by atoms with Crippen LogP contribution in [0.5, 0.6) is 0 Å². The summed E-state index contributed by atoms with van der Waals surface area (Å²) < 4.78 is 25.6. The molecule has 1 unspecified atom stereocenters. The first-order valence-electron chi connectivity index (χ1n) is 7.46. The highest BCUT2D eigenvalue weighted by molar-refractivity contribution is 5.92. The molecule has 8 heteroatoms. The summed E-state index contributed by atoms with van der Waals surface area (Å²) >= 11 is 0. The predicted octanol–water partition coefficient (Wildman–Crippen LogP) is 1.90. The largest absolute Gasteiger partial charge is 0.463 e. The lowest BCUT2D eigenvalue weighted by Gasteiger charge is -2.29. The van der Waals surface area contributed by atoms with Gasteiger partial charge in [0.2, 0.25) is 5.95 Å². The van der Waals surface area contributed by atoms with Crippen molar-refractivity contribution in [3.05, 3.63) is 53.2 Å². The molecule has 0 fully saturated rings. The van der Waals surface area contributed by atoms with E-state index in [2.05, 4.69) is 15.4 Å². The van der Waals surface area contributed by atoms with Gasteiger partial charge >= 0.3 is 5.97 Å². The van der Waals surface area contributed by atoms with Crippen LogP contribution < -0.4 is 5.32 Å². The van der Waals surface area contributed by atoms with Crippen molar-refractivity contribution in [1.82, 2.24) is 14.8 Å². The van der Waals surface area contributed by atoms with Crippen LogP contribution >= 0.6 is 0 Å². The minimum Gasteiger partial charge on any atom is -0.463 e. The van der Waals surface area contributed by atoms with Crippen LogP contribution in [-0.4, -0.2) is 41.1 Å². The highest BCUT2D eigenvalue weighted by atomic mass is 19.1. The lowest BCUT2D eigenvalue weighted by molar-refractivity contribution is -0.139. The van der Waals surface area contributed by atoms with Crippen molar-refractivity contribution in [3.8, 4) is 0 Å². The zero-order valence-corrected chi connectivity index (χ0v) is 13.3. The third-order valence-corrected chi connectivity index (χ3v) is 3.63. The molecule has 7 nitrogen and oxygen atoms in total. The van der Waals surface area contributed by atoms with E-state index in [1.54, 1.807) is 19.1 Å². The number of methoxy groups -OCH3 is 1. The highest BCUT2D eigenvalue weighted by Gasteiger charge is 2.35. The Bertz CT molecular complexity index is 787. The van der Waals surface area contributed by atoms with Gasteiger partial charge in [-0.2, -0.15) is 10.1 Å². The minimum atomic E-state index is -0.649. The number of halogens is 1. The average Bonchev–Trinajstić information content (AvgIpc) is 3.02. The van der Waals surface area contributed by atoms with E-state index >= 15 is 0 Å². The van der Waals surface area contributed by atoms with Gasteiger partial charge in [-0.25, -0.2) is 13.9 Å². The van der Waals surface area contributed by atoms with Gasteiger partial charge in [-0.1, -0.05) is 12.1 Å². The number of ether oxygens (including phenoxy) is 2. The van der Waals surface area contributed by atoms with Crippen LogP contribution in [0.3, 0.4) is 0 Å². The summed E-state index contributed by atoms with van der Waals surface area (Å²) in [5.74, 6) is -0.457. The number of anilines is 1. The molecule has 0 radical (unpaired) electrons. The van der Waals surface area contributed by atoms with Gasteiger partial charge in [0.15, 0.2) is 0 Å². The number of carbonyl (C=O) groups excluding carboxylic acids is 1. The minimum absolute atomic E-state index is 0.160. The third-order valence-electron chi connectivity index (χ3n) is 3.63. The maximum atomic E-state index is 13.7. The van der Waals surface area contributed by atoms with Crippen molar-refractivity contribution in [2.24, 2.45) is 0 Å². The van der Waals surface area contributed by atoms with Gasteiger partial charge in [-0.15, -0.1) is 0 Å². The van der Waals surface area contributed by atoms with Crippen molar-refractivity contribution in [3.63, 3.8) is 0 Å². The fraction of sp³-hybridized carbons (Fsp3) is 0.312. The molecule has 1 aliphatic heterocycles. The number of hydrogen-bond acceptors (Lipinski definition) is 6. The Balaban J connectivity index is 2.17. The Morgan fingerprint density at radius 3 is 3.00 bits per heavy atom. The van der Waals surface area contributed by atoms with Crippen molar-refractivity contribution in [1.29, 1.82) is 0 Å². The van der Waals surface area contributed by atoms with Crippen molar-refractivity contribution >= 4 is 11.9 Å². The molecule has 3 rings (SSSR count). The van der Waals surface area contributed by atoms with E-state index < -0.39 is 17.8 Å². The van der Waals surface area contributed by atoms with Gasteiger partial charge in [0.1, 0.15) is 18.2 Å². The topological polar surface area (TPSA) is 78.3 Å². The molecule has 0 aliphatic carbocycles. The van der Waals surface area contributed by atoms with E-state index in [1.807, 2.05) is 0 Å². The second-order valence-corrected chi connectivity index (χ2v) is 5.16. The molecular weight excluding hydrogens is 315 g/mol. The van der Waals surface area contributed by atoms with Crippen molar-refractivity contribution < 1.29 is 18.7 Å². The average molecular weight is 332 g/mol. The molecule has 0 spiro atoms. The van der Waals surface area contributed by atoms with E-state index in [4.69, 9.17) is 9.47 Å². The van der Waals surface area contributed by atoms with Gasteiger partial charge < -0.3 is 14.8 Å². The molecule has 24 heavy (non-hydrogen) atoms. The molecule has 1 aliphatic rings. The Morgan fingerprint density at radius 2 is 2.29 bits per heavy atom. The lowest BCUT2D eigenvalue weighted by Crippen LogP contribution is -2.31.